The van der Waals surface area contributed by atoms with E-state index in [1.807, 2.05) is 18.5 Å². The van der Waals surface area contributed by atoms with Crippen LogP contribution in [-0.4, -0.2) is 17.6 Å². The third-order valence-electron chi connectivity index (χ3n) is 3.98. The quantitative estimate of drug-likeness (QED) is 0.843. The molecule has 1 aromatic rings. The average Bonchev–Trinajstić information content (AvgIpc) is 2.40. The van der Waals surface area contributed by atoms with Crippen molar-refractivity contribution >= 4 is 0 Å². The highest BCUT2D eigenvalue weighted by Crippen LogP contribution is 2.26. The fourth-order valence-corrected chi connectivity index (χ4v) is 2.91. The Morgan fingerprint density at radius 1 is 1.35 bits per heavy atom. The normalized spacial score (nSPS) is 24.8. The van der Waals surface area contributed by atoms with Crippen LogP contribution in [0.1, 0.15) is 44.6 Å². The van der Waals surface area contributed by atoms with Gasteiger partial charge in [-0.3, -0.25) is 4.98 Å². The maximum absolute atomic E-state index is 4.15. The van der Waals surface area contributed by atoms with Crippen LogP contribution in [0.25, 0.3) is 0 Å². The van der Waals surface area contributed by atoms with Gasteiger partial charge < -0.3 is 5.32 Å². The summed E-state index contributed by atoms with van der Waals surface area (Å²) in [6.07, 6.45) is 11.9. The zero-order valence-corrected chi connectivity index (χ0v) is 10.9. The number of aromatic nitrogens is 1. The van der Waals surface area contributed by atoms with Crippen molar-refractivity contribution in [3.05, 3.63) is 30.1 Å². The first-order valence-corrected chi connectivity index (χ1v) is 7.02. The maximum atomic E-state index is 4.15. The molecule has 1 saturated carbocycles. The van der Waals surface area contributed by atoms with Crippen molar-refractivity contribution in [3.63, 3.8) is 0 Å². The number of nitrogens with zero attached hydrogens (tertiary/aromatic N) is 1. The van der Waals surface area contributed by atoms with Gasteiger partial charge in [-0.05, 0) is 43.4 Å². The van der Waals surface area contributed by atoms with E-state index in [4.69, 9.17) is 0 Å². The molecule has 1 aromatic heterocycles. The lowest BCUT2D eigenvalue weighted by molar-refractivity contribution is 0.257. The second-order valence-corrected chi connectivity index (χ2v) is 5.12. The standard InChI is InChI=1S/C15H24N2/c1-2-14-7-3-4-8-15(14)17-11-9-13-6-5-10-16-12-13/h5-6,10,12,14-15,17H,2-4,7-9,11H2,1H3. The molecule has 2 heteroatoms. The smallest absolute Gasteiger partial charge is 0.0300 e. The Labute approximate surface area is 105 Å². The summed E-state index contributed by atoms with van der Waals surface area (Å²) < 4.78 is 0. The van der Waals surface area contributed by atoms with Crippen molar-refractivity contribution in [2.75, 3.05) is 6.54 Å². The van der Waals surface area contributed by atoms with E-state index in [2.05, 4.69) is 23.3 Å². The van der Waals surface area contributed by atoms with Crippen LogP contribution in [0, 0.1) is 5.92 Å². The summed E-state index contributed by atoms with van der Waals surface area (Å²) >= 11 is 0. The summed E-state index contributed by atoms with van der Waals surface area (Å²) in [7, 11) is 0. The SMILES string of the molecule is CCC1CCCCC1NCCc1cccnc1. The van der Waals surface area contributed by atoms with Crippen molar-refractivity contribution in [2.45, 2.75) is 51.5 Å². The first kappa shape index (κ1) is 12.6. The van der Waals surface area contributed by atoms with Crippen LogP contribution in [0.15, 0.2) is 24.5 Å². The molecule has 0 aliphatic heterocycles. The summed E-state index contributed by atoms with van der Waals surface area (Å²) in [5, 5.41) is 3.74. The molecule has 0 spiro atoms. The molecule has 0 radical (unpaired) electrons. The molecule has 2 atom stereocenters. The van der Waals surface area contributed by atoms with Crippen LogP contribution in [-0.2, 0) is 6.42 Å². The number of hydrogen-bond acceptors (Lipinski definition) is 2. The molecule has 2 unspecified atom stereocenters. The van der Waals surface area contributed by atoms with Crippen LogP contribution >= 0.6 is 0 Å². The van der Waals surface area contributed by atoms with Crippen molar-refractivity contribution in [3.8, 4) is 0 Å². The van der Waals surface area contributed by atoms with Crippen LogP contribution < -0.4 is 5.32 Å². The van der Waals surface area contributed by atoms with Gasteiger partial charge in [-0.25, -0.2) is 0 Å². The van der Waals surface area contributed by atoms with Gasteiger partial charge in [0.2, 0.25) is 0 Å². The Morgan fingerprint density at radius 3 is 3.00 bits per heavy atom. The lowest BCUT2D eigenvalue weighted by atomic mass is 9.83. The largest absolute Gasteiger partial charge is 0.313 e. The summed E-state index contributed by atoms with van der Waals surface area (Å²) in [5.41, 5.74) is 1.34. The fourth-order valence-electron chi connectivity index (χ4n) is 2.91. The van der Waals surface area contributed by atoms with Gasteiger partial charge in [0.15, 0.2) is 0 Å². The fraction of sp³-hybridized carbons (Fsp3) is 0.667. The van der Waals surface area contributed by atoms with Crippen LogP contribution in [0.2, 0.25) is 0 Å². The Balaban J connectivity index is 1.74. The molecule has 1 fully saturated rings. The Kier molecular flexibility index (Phi) is 4.99. The number of rotatable bonds is 5. The monoisotopic (exact) mass is 232 g/mol. The lowest BCUT2D eigenvalue weighted by Crippen LogP contribution is -2.39. The predicted octanol–water partition coefficient (Wildman–Crippen LogP) is 3.18. The summed E-state index contributed by atoms with van der Waals surface area (Å²) in [4.78, 5) is 4.15. The molecule has 0 amide bonds. The zero-order chi connectivity index (χ0) is 11.9. The Morgan fingerprint density at radius 2 is 2.24 bits per heavy atom. The first-order chi connectivity index (χ1) is 8.40. The molecule has 17 heavy (non-hydrogen) atoms. The molecule has 1 aliphatic carbocycles. The van der Waals surface area contributed by atoms with E-state index in [1.54, 1.807) is 0 Å². The van der Waals surface area contributed by atoms with E-state index < -0.39 is 0 Å². The molecule has 2 nitrogen and oxygen atoms in total. The number of nitrogens with one attached hydrogen (secondary N) is 1. The minimum Gasteiger partial charge on any atom is -0.313 e. The Hall–Kier alpha value is -0.890. The van der Waals surface area contributed by atoms with Gasteiger partial charge in [0.1, 0.15) is 0 Å². The molecular formula is C15H24N2. The lowest BCUT2D eigenvalue weighted by Gasteiger charge is -2.31. The minimum atomic E-state index is 0.755. The van der Waals surface area contributed by atoms with Gasteiger partial charge in [-0.15, -0.1) is 0 Å². The highest BCUT2D eigenvalue weighted by Gasteiger charge is 2.22. The van der Waals surface area contributed by atoms with Gasteiger partial charge in [-0.1, -0.05) is 32.3 Å². The van der Waals surface area contributed by atoms with E-state index in [0.717, 1.165) is 24.9 Å². The third kappa shape index (κ3) is 3.81. The highest BCUT2D eigenvalue weighted by atomic mass is 14.9. The maximum Gasteiger partial charge on any atom is 0.0300 e. The van der Waals surface area contributed by atoms with E-state index in [-0.39, 0.29) is 0 Å². The summed E-state index contributed by atoms with van der Waals surface area (Å²) in [6.45, 7) is 3.42. The molecule has 0 aromatic carbocycles. The van der Waals surface area contributed by atoms with Gasteiger partial charge >= 0.3 is 0 Å². The predicted molar refractivity (Wildman–Crippen MR) is 72.0 cm³/mol. The summed E-state index contributed by atoms with van der Waals surface area (Å²) in [6, 6.07) is 4.93. The van der Waals surface area contributed by atoms with Crippen LogP contribution in [0.3, 0.4) is 0 Å². The van der Waals surface area contributed by atoms with Gasteiger partial charge in [0, 0.05) is 18.4 Å². The minimum absolute atomic E-state index is 0.755. The van der Waals surface area contributed by atoms with Gasteiger partial charge in [0.25, 0.3) is 0 Å². The Bertz CT molecular complexity index is 310. The van der Waals surface area contributed by atoms with E-state index in [1.165, 1.54) is 37.7 Å². The van der Waals surface area contributed by atoms with Crippen LogP contribution in [0.4, 0.5) is 0 Å². The molecule has 1 N–H and O–H groups in total. The average molecular weight is 232 g/mol. The van der Waals surface area contributed by atoms with Crippen molar-refractivity contribution < 1.29 is 0 Å². The van der Waals surface area contributed by atoms with Crippen molar-refractivity contribution in [2.24, 2.45) is 5.92 Å². The van der Waals surface area contributed by atoms with Crippen molar-refractivity contribution in [1.82, 2.24) is 10.3 Å². The van der Waals surface area contributed by atoms with Crippen molar-refractivity contribution in [1.29, 1.82) is 0 Å². The van der Waals surface area contributed by atoms with E-state index >= 15 is 0 Å². The molecule has 2 rings (SSSR count). The van der Waals surface area contributed by atoms with E-state index in [0.29, 0.717) is 0 Å². The molecular weight excluding hydrogens is 208 g/mol. The van der Waals surface area contributed by atoms with E-state index in [9.17, 15) is 0 Å². The van der Waals surface area contributed by atoms with Gasteiger partial charge in [-0.2, -0.15) is 0 Å². The molecule has 0 saturated heterocycles. The second kappa shape index (κ2) is 6.75. The highest BCUT2D eigenvalue weighted by molar-refractivity contribution is 5.08. The zero-order valence-electron chi connectivity index (χ0n) is 10.9. The number of pyridine rings is 1. The third-order valence-corrected chi connectivity index (χ3v) is 3.98. The molecule has 94 valence electrons. The molecule has 0 bridgehead atoms. The first-order valence-electron chi connectivity index (χ1n) is 7.02. The summed E-state index contributed by atoms with van der Waals surface area (Å²) in [5.74, 6) is 0.901. The van der Waals surface area contributed by atoms with Gasteiger partial charge in [0.05, 0.1) is 0 Å². The molecule has 1 heterocycles. The topological polar surface area (TPSA) is 24.9 Å². The number of hydrogen-bond donors (Lipinski definition) is 1. The molecule has 1 aliphatic rings. The van der Waals surface area contributed by atoms with Crippen LogP contribution in [0.5, 0.6) is 0 Å². The second-order valence-electron chi connectivity index (χ2n) is 5.12.